The Kier molecular flexibility index (Phi) is 6.07. The largest absolute Gasteiger partial charge is 0.481 e. The first-order valence-corrected chi connectivity index (χ1v) is 7.75. The van der Waals surface area contributed by atoms with E-state index in [4.69, 9.17) is 5.11 Å². The van der Waals surface area contributed by atoms with Crippen LogP contribution in [0.2, 0.25) is 0 Å². The van der Waals surface area contributed by atoms with Crippen LogP contribution in [0.5, 0.6) is 0 Å². The van der Waals surface area contributed by atoms with Gasteiger partial charge in [0.2, 0.25) is 5.91 Å². The molecule has 0 radical (unpaired) electrons. The van der Waals surface area contributed by atoms with Gasteiger partial charge in [0.15, 0.2) is 0 Å². The quantitative estimate of drug-likeness (QED) is 0.758. The van der Waals surface area contributed by atoms with Crippen molar-refractivity contribution < 1.29 is 14.7 Å². The van der Waals surface area contributed by atoms with Crippen molar-refractivity contribution in [2.75, 3.05) is 16.8 Å². The number of aliphatic carboxylic acids is 1. The van der Waals surface area contributed by atoms with Gasteiger partial charge < -0.3 is 10.4 Å². The number of amides is 1. The van der Waals surface area contributed by atoms with Gasteiger partial charge >= 0.3 is 5.97 Å². The molecule has 0 aliphatic carbocycles. The highest BCUT2D eigenvalue weighted by atomic mass is 32.2. The van der Waals surface area contributed by atoms with Crippen LogP contribution in [0.4, 0.5) is 5.69 Å². The summed E-state index contributed by atoms with van der Waals surface area (Å²) in [7, 11) is 0. The molecule has 110 valence electrons. The van der Waals surface area contributed by atoms with E-state index >= 15 is 0 Å². The van der Waals surface area contributed by atoms with Crippen LogP contribution in [-0.2, 0) is 15.0 Å². The molecule has 0 heterocycles. The summed E-state index contributed by atoms with van der Waals surface area (Å²) in [4.78, 5) is 22.8. The molecule has 1 aromatic carbocycles. The molecule has 0 fully saturated rings. The monoisotopic (exact) mass is 295 g/mol. The average molecular weight is 295 g/mol. The molecule has 20 heavy (non-hydrogen) atoms. The standard InChI is InChI=1S/C15H21NO3S/c1-4-9-20-10-13(17)16-12-7-5-11(6-8-12)15(2,3)14(18)19/h5-8H,4,9-10H2,1-3H3,(H,16,17)(H,18,19). The molecule has 4 nitrogen and oxygen atoms in total. The van der Waals surface area contributed by atoms with Crippen molar-refractivity contribution >= 4 is 29.3 Å². The maximum absolute atomic E-state index is 11.7. The summed E-state index contributed by atoms with van der Waals surface area (Å²) in [6.45, 7) is 5.39. The van der Waals surface area contributed by atoms with Gasteiger partial charge in [0.05, 0.1) is 11.2 Å². The molecule has 1 rings (SSSR count). The zero-order valence-electron chi connectivity index (χ0n) is 12.1. The zero-order valence-corrected chi connectivity index (χ0v) is 12.9. The smallest absolute Gasteiger partial charge is 0.313 e. The number of hydrogen-bond donors (Lipinski definition) is 2. The summed E-state index contributed by atoms with van der Waals surface area (Å²) in [6, 6.07) is 6.96. The topological polar surface area (TPSA) is 66.4 Å². The van der Waals surface area contributed by atoms with E-state index in [1.165, 1.54) is 0 Å². The van der Waals surface area contributed by atoms with Crippen LogP contribution in [0.15, 0.2) is 24.3 Å². The molecule has 0 bridgehead atoms. The second kappa shape index (κ2) is 7.33. The second-order valence-electron chi connectivity index (χ2n) is 5.11. The van der Waals surface area contributed by atoms with Gasteiger partial charge in [-0.05, 0) is 43.7 Å². The number of carbonyl (C=O) groups is 2. The number of carboxylic acids is 1. The summed E-state index contributed by atoms with van der Waals surface area (Å²) in [5, 5.41) is 12.0. The van der Waals surface area contributed by atoms with Crippen LogP contribution in [-0.4, -0.2) is 28.5 Å². The van der Waals surface area contributed by atoms with Gasteiger partial charge in [0.25, 0.3) is 0 Å². The number of anilines is 1. The normalized spacial score (nSPS) is 11.2. The van der Waals surface area contributed by atoms with Crippen molar-refractivity contribution in [2.45, 2.75) is 32.6 Å². The Morgan fingerprint density at radius 1 is 1.25 bits per heavy atom. The highest BCUT2D eigenvalue weighted by molar-refractivity contribution is 7.99. The van der Waals surface area contributed by atoms with Crippen molar-refractivity contribution in [3.05, 3.63) is 29.8 Å². The lowest BCUT2D eigenvalue weighted by molar-refractivity contribution is -0.142. The Hall–Kier alpha value is -1.49. The Balaban J connectivity index is 2.63. The lowest BCUT2D eigenvalue weighted by atomic mass is 9.85. The van der Waals surface area contributed by atoms with E-state index in [2.05, 4.69) is 12.2 Å². The molecule has 0 unspecified atom stereocenters. The van der Waals surface area contributed by atoms with E-state index in [9.17, 15) is 9.59 Å². The number of carbonyl (C=O) groups excluding carboxylic acids is 1. The Bertz CT molecular complexity index is 469. The number of carboxylic acid groups (broad SMARTS) is 1. The third-order valence-corrected chi connectivity index (χ3v) is 4.17. The number of thioether (sulfide) groups is 1. The highest BCUT2D eigenvalue weighted by Crippen LogP contribution is 2.24. The molecule has 0 aliphatic heterocycles. The van der Waals surface area contributed by atoms with Gasteiger partial charge in [0, 0.05) is 5.69 Å². The number of nitrogens with one attached hydrogen (secondary N) is 1. The molecule has 0 saturated carbocycles. The Morgan fingerprint density at radius 2 is 1.85 bits per heavy atom. The van der Waals surface area contributed by atoms with Crippen LogP contribution in [0.25, 0.3) is 0 Å². The maximum Gasteiger partial charge on any atom is 0.313 e. The molecule has 0 aromatic heterocycles. The van der Waals surface area contributed by atoms with Crippen LogP contribution in [0.1, 0.15) is 32.8 Å². The van der Waals surface area contributed by atoms with Crippen LogP contribution in [0.3, 0.4) is 0 Å². The third kappa shape index (κ3) is 4.56. The van der Waals surface area contributed by atoms with E-state index in [1.807, 2.05) is 0 Å². The van der Waals surface area contributed by atoms with Gasteiger partial charge in [0.1, 0.15) is 0 Å². The van der Waals surface area contributed by atoms with Gasteiger partial charge in [-0.15, -0.1) is 0 Å². The highest BCUT2D eigenvalue weighted by Gasteiger charge is 2.29. The van der Waals surface area contributed by atoms with Crippen molar-refractivity contribution in [1.29, 1.82) is 0 Å². The molecule has 0 aliphatic rings. The van der Waals surface area contributed by atoms with E-state index in [1.54, 1.807) is 49.9 Å². The molecular formula is C15H21NO3S. The molecule has 0 atom stereocenters. The van der Waals surface area contributed by atoms with Gasteiger partial charge in [-0.25, -0.2) is 0 Å². The van der Waals surface area contributed by atoms with Crippen molar-refractivity contribution in [3.8, 4) is 0 Å². The van der Waals surface area contributed by atoms with E-state index in [-0.39, 0.29) is 5.91 Å². The number of hydrogen-bond acceptors (Lipinski definition) is 3. The molecule has 1 aromatic rings. The van der Waals surface area contributed by atoms with Crippen molar-refractivity contribution in [3.63, 3.8) is 0 Å². The minimum absolute atomic E-state index is 0.0336. The fraction of sp³-hybridized carbons (Fsp3) is 0.467. The Morgan fingerprint density at radius 3 is 2.35 bits per heavy atom. The molecule has 0 saturated heterocycles. The first kappa shape index (κ1) is 16.6. The predicted octanol–water partition coefficient (Wildman–Crippen LogP) is 3.13. The maximum atomic E-state index is 11.7. The van der Waals surface area contributed by atoms with Gasteiger partial charge in [-0.3, -0.25) is 9.59 Å². The number of rotatable bonds is 7. The van der Waals surface area contributed by atoms with E-state index in [0.717, 1.165) is 12.2 Å². The van der Waals surface area contributed by atoms with E-state index in [0.29, 0.717) is 17.0 Å². The third-order valence-electron chi connectivity index (χ3n) is 3.01. The fourth-order valence-electron chi connectivity index (χ4n) is 1.60. The Labute approximate surface area is 124 Å². The van der Waals surface area contributed by atoms with Crippen LogP contribution < -0.4 is 5.32 Å². The minimum Gasteiger partial charge on any atom is -0.481 e. The minimum atomic E-state index is -0.931. The van der Waals surface area contributed by atoms with Crippen LogP contribution in [0, 0.1) is 0 Å². The summed E-state index contributed by atoms with van der Waals surface area (Å²) < 4.78 is 0. The lowest BCUT2D eigenvalue weighted by Crippen LogP contribution is -2.28. The summed E-state index contributed by atoms with van der Waals surface area (Å²) in [5.74, 6) is 0.508. The predicted molar refractivity (Wildman–Crippen MR) is 83.3 cm³/mol. The first-order valence-electron chi connectivity index (χ1n) is 6.59. The fourth-order valence-corrected chi connectivity index (χ4v) is 2.29. The van der Waals surface area contributed by atoms with Crippen LogP contribution >= 0.6 is 11.8 Å². The second-order valence-corrected chi connectivity index (χ2v) is 6.21. The molecule has 5 heteroatoms. The van der Waals surface area contributed by atoms with Crippen molar-refractivity contribution in [2.24, 2.45) is 0 Å². The van der Waals surface area contributed by atoms with E-state index < -0.39 is 11.4 Å². The first-order chi connectivity index (χ1) is 9.37. The SMILES string of the molecule is CCCSCC(=O)Nc1ccc(C(C)(C)C(=O)O)cc1. The number of benzene rings is 1. The summed E-state index contributed by atoms with van der Waals surface area (Å²) >= 11 is 1.60. The lowest BCUT2D eigenvalue weighted by Gasteiger charge is -2.19. The molecule has 0 spiro atoms. The van der Waals surface area contributed by atoms with Crippen molar-refractivity contribution in [1.82, 2.24) is 0 Å². The zero-order chi connectivity index (χ0) is 15.2. The summed E-state index contributed by atoms with van der Waals surface area (Å²) in [6.07, 6.45) is 1.05. The molecule has 2 N–H and O–H groups in total. The molecule has 1 amide bonds. The average Bonchev–Trinajstić information content (AvgIpc) is 2.39. The van der Waals surface area contributed by atoms with Gasteiger partial charge in [-0.2, -0.15) is 11.8 Å². The molecular weight excluding hydrogens is 274 g/mol. The summed E-state index contributed by atoms with van der Waals surface area (Å²) in [5.41, 5.74) is 0.472. The van der Waals surface area contributed by atoms with Gasteiger partial charge in [-0.1, -0.05) is 19.1 Å².